The molecule has 152 valence electrons. The second kappa shape index (κ2) is 8.84. The first kappa shape index (κ1) is 20.5. The van der Waals surface area contributed by atoms with E-state index >= 15 is 0 Å². The number of ketones is 1. The van der Waals surface area contributed by atoms with Crippen molar-refractivity contribution in [2.75, 3.05) is 35.4 Å². The monoisotopic (exact) mass is 395 g/mol. The zero-order valence-corrected chi connectivity index (χ0v) is 17.3. The van der Waals surface area contributed by atoms with Gasteiger partial charge < -0.3 is 23.5 Å². The predicted molar refractivity (Wildman–Crippen MR) is 111 cm³/mol. The van der Waals surface area contributed by atoms with Crippen molar-refractivity contribution < 1.29 is 23.4 Å². The number of methoxy groups -OCH3 is 3. The molecule has 0 unspecified atom stereocenters. The van der Waals surface area contributed by atoms with E-state index in [2.05, 4.69) is 0 Å². The lowest BCUT2D eigenvalue weighted by atomic mass is 9.97. The molecule has 0 radical (unpaired) electrons. The van der Waals surface area contributed by atoms with Crippen LogP contribution in [0.3, 0.4) is 0 Å². The summed E-state index contributed by atoms with van der Waals surface area (Å²) in [5, 5.41) is 0. The number of benzene rings is 2. The second-order valence-corrected chi connectivity index (χ2v) is 6.83. The minimum Gasteiger partial charge on any atom is -0.496 e. The molecular weight excluding hydrogens is 370 g/mol. The second-order valence-electron chi connectivity index (χ2n) is 6.83. The fourth-order valence-corrected chi connectivity index (χ4v) is 3.27. The lowest BCUT2D eigenvalue weighted by molar-refractivity contribution is 0.103. The third kappa shape index (κ3) is 4.27. The standard InChI is InChI=1S/C23H25NO5/c1-24(2)14-17-11-16(13-21(27-4)23(17)28-5)22(25)18-12-15(8-9-20(18)26-3)19-7-6-10-29-19/h6-13H,14H2,1-5H3. The number of rotatable bonds is 8. The Balaban J connectivity index is 2.11. The molecule has 0 saturated heterocycles. The number of carbonyl (C=O) groups excluding carboxylic acids is 1. The van der Waals surface area contributed by atoms with Crippen LogP contribution in [0.15, 0.2) is 53.1 Å². The van der Waals surface area contributed by atoms with E-state index in [0.29, 0.717) is 40.7 Å². The van der Waals surface area contributed by atoms with Crippen LogP contribution in [0, 0.1) is 0 Å². The third-order valence-corrected chi connectivity index (χ3v) is 4.55. The molecule has 0 aliphatic rings. The molecule has 0 spiro atoms. The van der Waals surface area contributed by atoms with Crippen molar-refractivity contribution in [3.8, 4) is 28.6 Å². The smallest absolute Gasteiger partial charge is 0.196 e. The van der Waals surface area contributed by atoms with Gasteiger partial charge in [-0.05, 0) is 56.6 Å². The molecule has 0 atom stereocenters. The van der Waals surface area contributed by atoms with Crippen LogP contribution in [0.2, 0.25) is 0 Å². The Kier molecular flexibility index (Phi) is 6.24. The molecule has 0 aliphatic carbocycles. The van der Waals surface area contributed by atoms with Gasteiger partial charge in [-0.15, -0.1) is 0 Å². The normalized spacial score (nSPS) is 10.8. The molecular formula is C23H25NO5. The summed E-state index contributed by atoms with van der Waals surface area (Å²) >= 11 is 0. The van der Waals surface area contributed by atoms with Crippen molar-refractivity contribution in [2.24, 2.45) is 0 Å². The lowest BCUT2D eigenvalue weighted by Crippen LogP contribution is -2.13. The minimum atomic E-state index is -0.170. The summed E-state index contributed by atoms with van der Waals surface area (Å²) < 4.78 is 21.9. The number of nitrogens with zero attached hydrogens (tertiary/aromatic N) is 1. The number of carbonyl (C=O) groups is 1. The molecule has 1 aromatic heterocycles. The highest BCUT2D eigenvalue weighted by Crippen LogP contribution is 2.35. The average molecular weight is 395 g/mol. The Morgan fingerprint density at radius 3 is 2.31 bits per heavy atom. The van der Waals surface area contributed by atoms with E-state index in [4.69, 9.17) is 18.6 Å². The lowest BCUT2D eigenvalue weighted by Gasteiger charge is -2.18. The van der Waals surface area contributed by atoms with Crippen molar-refractivity contribution in [1.29, 1.82) is 0 Å². The number of furan rings is 1. The first-order valence-electron chi connectivity index (χ1n) is 9.14. The molecule has 0 bridgehead atoms. The zero-order chi connectivity index (χ0) is 21.0. The van der Waals surface area contributed by atoms with Crippen LogP contribution in [0.4, 0.5) is 0 Å². The van der Waals surface area contributed by atoms with Gasteiger partial charge >= 0.3 is 0 Å². The fraction of sp³-hybridized carbons (Fsp3) is 0.261. The SMILES string of the molecule is COc1ccc(-c2ccco2)cc1C(=O)c1cc(CN(C)C)c(OC)c(OC)c1. The van der Waals surface area contributed by atoms with Crippen LogP contribution in [0.25, 0.3) is 11.3 Å². The van der Waals surface area contributed by atoms with Gasteiger partial charge in [-0.1, -0.05) is 0 Å². The van der Waals surface area contributed by atoms with E-state index < -0.39 is 0 Å². The van der Waals surface area contributed by atoms with Crippen LogP contribution < -0.4 is 14.2 Å². The molecule has 29 heavy (non-hydrogen) atoms. The van der Waals surface area contributed by atoms with Crippen molar-refractivity contribution in [1.82, 2.24) is 4.90 Å². The Bertz CT molecular complexity index is 993. The topological polar surface area (TPSA) is 61.1 Å². The van der Waals surface area contributed by atoms with Crippen LogP contribution in [0.5, 0.6) is 17.2 Å². The van der Waals surface area contributed by atoms with Gasteiger partial charge in [0.25, 0.3) is 0 Å². The molecule has 0 aliphatic heterocycles. The summed E-state index contributed by atoms with van der Waals surface area (Å²) in [7, 11) is 8.61. The predicted octanol–water partition coefficient (Wildman–Crippen LogP) is 4.27. The summed E-state index contributed by atoms with van der Waals surface area (Å²) in [5.74, 6) is 2.14. The highest BCUT2D eigenvalue weighted by molar-refractivity contribution is 6.11. The van der Waals surface area contributed by atoms with Crippen LogP contribution in [-0.2, 0) is 6.54 Å². The van der Waals surface area contributed by atoms with Crippen molar-refractivity contribution in [3.05, 3.63) is 65.4 Å². The van der Waals surface area contributed by atoms with Gasteiger partial charge in [0.2, 0.25) is 0 Å². The maximum absolute atomic E-state index is 13.4. The quantitative estimate of drug-likeness (QED) is 0.531. The third-order valence-electron chi connectivity index (χ3n) is 4.55. The van der Waals surface area contributed by atoms with Gasteiger partial charge in [0.15, 0.2) is 17.3 Å². The van der Waals surface area contributed by atoms with Gasteiger partial charge in [-0.2, -0.15) is 0 Å². The van der Waals surface area contributed by atoms with E-state index in [1.165, 1.54) is 0 Å². The minimum absolute atomic E-state index is 0.170. The summed E-state index contributed by atoms with van der Waals surface area (Å²) in [4.78, 5) is 15.4. The van der Waals surface area contributed by atoms with E-state index in [0.717, 1.165) is 11.1 Å². The van der Waals surface area contributed by atoms with Crippen molar-refractivity contribution in [3.63, 3.8) is 0 Å². The summed E-state index contributed by atoms with van der Waals surface area (Å²) in [6.45, 7) is 0.601. The highest BCUT2D eigenvalue weighted by Gasteiger charge is 2.21. The molecule has 3 rings (SSSR count). The highest BCUT2D eigenvalue weighted by atomic mass is 16.5. The summed E-state index contributed by atoms with van der Waals surface area (Å²) in [6, 6.07) is 12.6. The Morgan fingerprint density at radius 2 is 1.72 bits per heavy atom. The maximum Gasteiger partial charge on any atom is 0.196 e. The summed E-state index contributed by atoms with van der Waals surface area (Å²) in [6.07, 6.45) is 1.60. The van der Waals surface area contributed by atoms with E-state index in [-0.39, 0.29) is 5.78 Å². The average Bonchev–Trinajstić information content (AvgIpc) is 3.26. The molecule has 2 aromatic carbocycles. The molecule has 0 amide bonds. The first-order chi connectivity index (χ1) is 14.0. The van der Waals surface area contributed by atoms with Gasteiger partial charge in [0.05, 0.1) is 33.2 Å². The van der Waals surface area contributed by atoms with Gasteiger partial charge in [0.1, 0.15) is 11.5 Å². The molecule has 6 nitrogen and oxygen atoms in total. The molecule has 0 fully saturated rings. The molecule has 3 aromatic rings. The van der Waals surface area contributed by atoms with Crippen LogP contribution >= 0.6 is 0 Å². The van der Waals surface area contributed by atoms with E-state index in [9.17, 15) is 4.79 Å². The van der Waals surface area contributed by atoms with E-state index in [1.54, 1.807) is 45.8 Å². The van der Waals surface area contributed by atoms with Gasteiger partial charge in [0, 0.05) is 23.2 Å². The van der Waals surface area contributed by atoms with Gasteiger partial charge in [-0.3, -0.25) is 4.79 Å². The van der Waals surface area contributed by atoms with Crippen molar-refractivity contribution in [2.45, 2.75) is 6.54 Å². The molecule has 0 saturated carbocycles. The largest absolute Gasteiger partial charge is 0.496 e. The first-order valence-corrected chi connectivity index (χ1v) is 9.14. The summed E-state index contributed by atoms with van der Waals surface area (Å²) in [5.41, 5.74) is 2.60. The number of hydrogen-bond acceptors (Lipinski definition) is 6. The van der Waals surface area contributed by atoms with E-state index in [1.807, 2.05) is 43.3 Å². The van der Waals surface area contributed by atoms with Gasteiger partial charge in [-0.25, -0.2) is 0 Å². The number of hydrogen-bond donors (Lipinski definition) is 0. The van der Waals surface area contributed by atoms with Crippen molar-refractivity contribution >= 4 is 5.78 Å². The maximum atomic E-state index is 13.4. The van der Waals surface area contributed by atoms with Crippen LogP contribution in [-0.4, -0.2) is 46.1 Å². The Labute approximate surface area is 170 Å². The van der Waals surface area contributed by atoms with Crippen LogP contribution in [0.1, 0.15) is 21.5 Å². The zero-order valence-electron chi connectivity index (χ0n) is 17.3. The Morgan fingerprint density at radius 1 is 0.966 bits per heavy atom. The molecule has 6 heteroatoms. The number of ether oxygens (including phenoxy) is 3. The fourth-order valence-electron chi connectivity index (χ4n) is 3.27. The molecule has 1 heterocycles. The molecule has 0 N–H and O–H groups in total. The Hall–Kier alpha value is -3.25.